The molecule has 3 aliphatic heterocycles. The van der Waals surface area contributed by atoms with E-state index in [1.165, 1.54) is 0 Å². The highest BCUT2D eigenvalue weighted by Crippen LogP contribution is 2.30. The summed E-state index contributed by atoms with van der Waals surface area (Å²) in [5, 5.41) is 1.88. The molecule has 0 aliphatic carbocycles. The molecular weight excluding hydrogens is 468 g/mol. The second-order valence-electron chi connectivity index (χ2n) is 8.34. The fourth-order valence-corrected chi connectivity index (χ4v) is 5.14. The van der Waals surface area contributed by atoms with Gasteiger partial charge in [0.05, 0.1) is 16.0 Å². The Labute approximate surface area is 205 Å². The van der Waals surface area contributed by atoms with Crippen LogP contribution < -0.4 is 10.2 Å². The molecule has 5 amide bonds. The second-order valence-corrected chi connectivity index (χ2v) is 9.35. The number of benzene rings is 2. The highest BCUT2D eigenvalue weighted by Gasteiger charge is 2.35. The topological polar surface area (TPSA) is 107 Å². The van der Waals surface area contributed by atoms with Crippen molar-refractivity contribution < 1.29 is 24.0 Å². The minimum Gasteiger partial charge on any atom is -0.367 e. The lowest BCUT2D eigenvalue weighted by Crippen LogP contribution is -2.49. The minimum atomic E-state index is -0.400. The molecule has 10 heteroatoms. The first kappa shape index (κ1) is 22.9. The monoisotopic (exact) mass is 490 g/mol. The highest BCUT2D eigenvalue weighted by molar-refractivity contribution is 8.18. The van der Waals surface area contributed by atoms with Crippen molar-refractivity contribution in [1.82, 2.24) is 15.1 Å². The number of rotatable bonds is 5. The number of piperazine rings is 1. The average Bonchev–Trinajstić information content (AvgIpc) is 3.32. The summed E-state index contributed by atoms with van der Waals surface area (Å²) in [6.07, 6.45) is 1.79. The van der Waals surface area contributed by atoms with Crippen LogP contribution in [0, 0.1) is 0 Å². The number of nitrogens with one attached hydrogen (secondary N) is 1. The number of anilines is 1. The summed E-state index contributed by atoms with van der Waals surface area (Å²) in [6.45, 7) is 2.24. The zero-order valence-electron chi connectivity index (χ0n) is 18.7. The number of amides is 5. The van der Waals surface area contributed by atoms with Gasteiger partial charge in [0.15, 0.2) is 0 Å². The van der Waals surface area contributed by atoms with Gasteiger partial charge >= 0.3 is 0 Å². The minimum absolute atomic E-state index is 0.0558. The lowest BCUT2D eigenvalue weighted by Gasteiger charge is -2.37. The Hall–Kier alpha value is -3.92. The first-order valence-electron chi connectivity index (χ1n) is 11.2. The Morgan fingerprint density at radius 1 is 0.886 bits per heavy atom. The van der Waals surface area contributed by atoms with Gasteiger partial charge in [-0.25, -0.2) is 0 Å². The van der Waals surface area contributed by atoms with Crippen molar-refractivity contribution in [2.24, 2.45) is 0 Å². The Morgan fingerprint density at radius 3 is 2.14 bits per heavy atom. The van der Waals surface area contributed by atoms with Gasteiger partial charge in [-0.2, -0.15) is 0 Å². The van der Waals surface area contributed by atoms with Crippen LogP contribution in [0.25, 0.3) is 6.08 Å². The Bertz CT molecular complexity index is 1250. The Balaban J connectivity index is 1.19. The normalized spacial score (nSPS) is 19.0. The first-order valence-corrected chi connectivity index (χ1v) is 12.1. The van der Waals surface area contributed by atoms with E-state index in [-0.39, 0.29) is 35.9 Å². The van der Waals surface area contributed by atoms with Crippen LogP contribution in [0.2, 0.25) is 0 Å². The molecule has 3 heterocycles. The van der Waals surface area contributed by atoms with Crippen LogP contribution in [-0.4, -0.2) is 71.4 Å². The smallest absolute Gasteiger partial charge is 0.290 e. The molecule has 0 radical (unpaired) electrons. The van der Waals surface area contributed by atoms with Gasteiger partial charge in [-0.15, -0.1) is 0 Å². The molecule has 5 rings (SSSR count). The summed E-state index contributed by atoms with van der Waals surface area (Å²) in [6, 6.07) is 14.3. The van der Waals surface area contributed by atoms with Gasteiger partial charge in [0.1, 0.15) is 0 Å². The van der Waals surface area contributed by atoms with E-state index in [2.05, 4.69) is 10.2 Å². The lowest BCUT2D eigenvalue weighted by molar-refractivity contribution is -0.131. The van der Waals surface area contributed by atoms with Crippen LogP contribution in [0.5, 0.6) is 0 Å². The van der Waals surface area contributed by atoms with Gasteiger partial charge in [0.25, 0.3) is 23.0 Å². The van der Waals surface area contributed by atoms with Crippen LogP contribution >= 0.6 is 11.8 Å². The van der Waals surface area contributed by atoms with E-state index >= 15 is 0 Å². The molecule has 9 nitrogen and oxygen atoms in total. The molecule has 0 bridgehead atoms. The van der Waals surface area contributed by atoms with Gasteiger partial charge in [0.2, 0.25) is 5.91 Å². The number of hydrogen-bond acceptors (Lipinski definition) is 7. The number of fused-ring (bicyclic) bond motifs is 1. The fourth-order valence-electron chi connectivity index (χ4n) is 4.46. The van der Waals surface area contributed by atoms with Crippen LogP contribution in [0.15, 0.2) is 53.4 Å². The number of nitrogens with zero attached hydrogens (tertiary/aromatic N) is 3. The zero-order valence-corrected chi connectivity index (χ0v) is 19.5. The summed E-state index contributed by atoms with van der Waals surface area (Å²) >= 11 is 0.879. The van der Waals surface area contributed by atoms with Gasteiger partial charge in [-0.05, 0) is 41.6 Å². The molecule has 0 atom stereocenters. The standard InChI is InChI=1S/C25H22N4O5S/c30-21(9-10-29-23(32)17-6-2-3-7-18(17)24(29)33)28-13-11-27(12-14-28)19-8-4-1-5-16(19)15-20-22(31)26-25(34)35-20/h1-8,15H,9-14H2,(H,26,31,34). The number of hydrogen-bond donors (Lipinski definition) is 1. The van der Waals surface area contributed by atoms with Crippen molar-refractivity contribution in [2.75, 3.05) is 37.6 Å². The lowest BCUT2D eigenvalue weighted by atomic mass is 10.1. The third-order valence-electron chi connectivity index (χ3n) is 6.27. The SMILES string of the molecule is O=C1NC(=O)C(=Cc2ccccc2N2CCN(C(=O)CCN3C(=O)c4ccccc4C3=O)CC2)S1. The van der Waals surface area contributed by atoms with E-state index < -0.39 is 5.91 Å². The zero-order chi connectivity index (χ0) is 24.5. The molecule has 0 saturated carbocycles. The molecule has 2 aromatic rings. The molecule has 178 valence electrons. The van der Waals surface area contributed by atoms with E-state index in [9.17, 15) is 24.0 Å². The van der Waals surface area contributed by atoms with Gasteiger partial charge < -0.3 is 9.80 Å². The van der Waals surface area contributed by atoms with Crippen LogP contribution in [0.3, 0.4) is 0 Å². The van der Waals surface area contributed by atoms with Gasteiger partial charge in [0, 0.05) is 44.8 Å². The summed E-state index contributed by atoms with van der Waals surface area (Å²) in [5.41, 5.74) is 2.51. The average molecular weight is 491 g/mol. The maximum absolute atomic E-state index is 12.8. The predicted molar refractivity (Wildman–Crippen MR) is 131 cm³/mol. The van der Waals surface area contributed by atoms with E-state index in [4.69, 9.17) is 0 Å². The van der Waals surface area contributed by atoms with E-state index in [0.29, 0.717) is 42.2 Å². The summed E-state index contributed by atoms with van der Waals surface area (Å²) in [4.78, 5) is 66.6. The van der Waals surface area contributed by atoms with Crippen molar-refractivity contribution in [1.29, 1.82) is 0 Å². The molecule has 2 aromatic carbocycles. The molecule has 3 aliphatic rings. The molecule has 35 heavy (non-hydrogen) atoms. The largest absolute Gasteiger partial charge is 0.367 e. The quantitative estimate of drug-likeness (QED) is 0.506. The van der Waals surface area contributed by atoms with Crippen molar-refractivity contribution in [2.45, 2.75) is 6.42 Å². The third-order valence-corrected chi connectivity index (χ3v) is 7.08. The van der Waals surface area contributed by atoms with Crippen molar-refractivity contribution >= 4 is 52.4 Å². The number of thioether (sulfide) groups is 1. The summed E-state index contributed by atoms with van der Waals surface area (Å²) in [5.74, 6) is -1.22. The maximum Gasteiger partial charge on any atom is 0.290 e. The van der Waals surface area contributed by atoms with Crippen LogP contribution in [0.4, 0.5) is 10.5 Å². The molecular formula is C25H22N4O5S. The number of carbonyl (C=O) groups excluding carboxylic acids is 5. The van der Waals surface area contributed by atoms with Crippen LogP contribution in [-0.2, 0) is 9.59 Å². The van der Waals surface area contributed by atoms with Crippen LogP contribution in [0.1, 0.15) is 32.7 Å². The molecule has 0 spiro atoms. The van der Waals surface area contributed by atoms with Crippen molar-refractivity contribution in [3.8, 4) is 0 Å². The third kappa shape index (κ3) is 4.44. The van der Waals surface area contributed by atoms with E-state index in [1.54, 1.807) is 35.2 Å². The Morgan fingerprint density at radius 2 is 1.51 bits per heavy atom. The van der Waals surface area contributed by atoms with Gasteiger partial charge in [-0.3, -0.25) is 34.2 Å². The number of imide groups is 2. The summed E-state index contributed by atoms with van der Waals surface area (Å²) < 4.78 is 0. The molecule has 2 fully saturated rings. The molecule has 2 saturated heterocycles. The molecule has 0 aromatic heterocycles. The Kier molecular flexibility index (Phi) is 6.12. The second kappa shape index (κ2) is 9.38. The maximum atomic E-state index is 12.8. The number of para-hydroxylation sites is 1. The van der Waals surface area contributed by atoms with E-state index in [0.717, 1.165) is 27.9 Å². The van der Waals surface area contributed by atoms with E-state index in [1.807, 2.05) is 24.3 Å². The predicted octanol–water partition coefficient (Wildman–Crippen LogP) is 2.35. The highest BCUT2D eigenvalue weighted by atomic mass is 32.2. The van der Waals surface area contributed by atoms with Crippen molar-refractivity contribution in [3.05, 3.63) is 70.1 Å². The first-order chi connectivity index (χ1) is 16.9. The number of carbonyl (C=O) groups is 5. The molecule has 1 N–H and O–H groups in total. The molecule has 0 unspecified atom stereocenters. The fraction of sp³-hybridized carbons (Fsp3) is 0.240. The van der Waals surface area contributed by atoms with Crippen molar-refractivity contribution in [3.63, 3.8) is 0 Å². The van der Waals surface area contributed by atoms with Gasteiger partial charge in [-0.1, -0.05) is 30.3 Å². The summed E-state index contributed by atoms with van der Waals surface area (Å²) in [7, 11) is 0.